The lowest BCUT2D eigenvalue weighted by atomic mass is 10.1. The molecule has 1 amide bonds. The van der Waals surface area contributed by atoms with Crippen molar-refractivity contribution in [3.8, 4) is 0 Å². The van der Waals surface area contributed by atoms with Crippen molar-refractivity contribution in [2.45, 2.75) is 5.88 Å². The molecule has 0 spiro atoms. The number of amides is 1. The van der Waals surface area contributed by atoms with Gasteiger partial charge in [-0.3, -0.25) is 4.79 Å². The molecule has 0 aliphatic heterocycles. The normalized spacial score (nSPS) is 10.7. The highest BCUT2D eigenvalue weighted by Gasteiger charge is 2.14. The summed E-state index contributed by atoms with van der Waals surface area (Å²) in [6.07, 6.45) is 0. The third-order valence-electron chi connectivity index (χ3n) is 3.28. The Morgan fingerprint density at radius 3 is 2.70 bits per heavy atom. The summed E-state index contributed by atoms with van der Waals surface area (Å²) in [7, 11) is 0. The maximum absolute atomic E-state index is 12.3. The Morgan fingerprint density at radius 2 is 1.96 bits per heavy atom. The molecule has 3 rings (SSSR count). The second-order valence-corrected chi connectivity index (χ2v) is 5.62. The highest BCUT2D eigenvalue weighted by atomic mass is 35.5. The highest BCUT2D eigenvalue weighted by Crippen LogP contribution is 2.19. The van der Waals surface area contributed by atoms with Crippen LogP contribution in [0.3, 0.4) is 0 Å². The van der Waals surface area contributed by atoms with Gasteiger partial charge in [0, 0.05) is 22.0 Å². The molecular weight excluding hydrogens is 337 g/mol. The van der Waals surface area contributed by atoms with Gasteiger partial charge >= 0.3 is 5.63 Å². The molecule has 0 unspecified atom stereocenters. The molecule has 0 aliphatic rings. The molecule has 0 radical (unpaired) electrons. The Balaban J connectivity index is 1.99. The van der Waals surface area contributed by atoms with Gasteiger partial charge in [-0.15, -0.1) is 11.6 Å². The van der Waals surface area contributed by atoms with Crippen LogP contribution in [-0.4, -0.2) is 5.91 Å². The fourth-order valence-corrected chi connectivity index (χ4v) is 2.54. The molecule has 0 saturated heterocycles. The van der Waals surface area contributed by atoms with Gasteiger partial charge in [-0.05, 0) is 42.0 Å². The Morgan fingerprint density at radius 1 is 1.13 bits per heavy atom. The van der Waals surface area contributed by atoms with Crippen molar-refractivity contribution in [1.29, 1.82) is 0 Å². The van der Waals surface area contributed by atoms with Gasteiger partial charge < -0.3 is 9.73 Å². The molecule has 2 aromatic carbocycles. The van der Waals surface area contributed by atoms with Crippen LogP contribution >= 0.6 is 23.2 Å². The fourth-order valence-electron chi connectivity index (χ4n) is 2.18. The van der Waals surface area contributed by atoms with Crippen LogP contribution in [0, 0.1) is 0 Å². The molecule has 3 aromatic rings. The second-order valence-electron chi connectivity index (χ2n) is 4.92. The van der Waals surface area contributed by atoms with Crippen molar-refractivity contribution in [3.63, 3.8) is 0 Å². The number of carbonyl (C=O) groups is 1. The minimum absolute atomic E-state index is 0.0794. The zero-order valence-corrected chi connectivity index (χ0v) is 13.3. The van der Waals surface area contributed by atoms with Crippen LogP contribution in [0.5, 0.6) is 0 Å². The van der Waals surface area contributed by atoms with E-state index in [1.807, 2.05) is 0 Å². The monoisotopic (exact) mass is 347 g/mol. The quantitative estimate of drug-likeness (QED) is 0.562. The first-order valence-corrected chi connectivity index (χ1v) is 7.68. The first-order valence-electron chi connectivity index (χ1n) is 6.76. The maximum Gasteiger partial charge on any atom is 0.349 e. The summed E-state index contributed by atoms with van der Waals surface area (Å²) in [5.41, 5.74) is 0.994. The highest BCUT2D eigenvalue weighted by molar-refractivity contribution is 6.31. The molecule has 116 valence electrons. The third-order valence-corrected chi connectivity index (χ3v) is 3.82. The Bertz CT molecular complexity index is 950. The SMILES string of the molecule is O=C(Nc1cccc(Cl)c1)c1cc2cc(CCl)ccc2oc1=O. The topological polar surface area (TPSA) is 59.3 Å². The predicted octanol–water partition coefficient (Wildman–Crippen LogP) is 4.44. The first kappa shape index (κ1) is 15.6. The van der Waals surface area contributed by atoms with E-state index in [-0.39, 0.29) is 5.56 Å². The molecule has 0 atom stereocenters. The van der Waals surface area contributed by atoms with Crippen molar-refractivity contribution in [2.75, 3.05) is 5.32 Å². The molecule has 0 saturated carbocycles. The van der Waals surface area contributed by atoms with Crippen LogP contribution in [0.4, 0.5) is 5.69 Å². The summed E-state index contributed by atoms with van der Waals surface area (Å²) in [4.78, 5) is 24.3. The zero-order valence-electron chi connectivity index (χ0n) is 11.8. The van der Waals surface area contributed by atoms with E-state index in [0.717, 1.165) is 5.56 Å². The van der Waals surface area contributed by atoms with Gasteiger partial charge in [-0.25, -0.2) is 4.79 Å². The van der Waals surface area contributed by atoms with Crippen molar-refractivity contribution in [1.82, 2.24) is 0 Å². The lowest BCUT2D eigenvalue weighted by Gasteiger charge is -2.06. The van der Waals surface area contributed by atoms with E-state index >= 15 is 0 Å². The number of halogens is 2. The molecule has 0 fully saturated rings. The lowest BCUT2D eigenvalue weighted by molar-refractivity contribution is 0.102. The van der Waals surface area contributed by atoms with E-state index in [1.54, 1.807) is 42.5 Å². The molecule has 0 aliphatic carbocycles. The third kappa shape index (κ3) is 3.38. The molecule has 6 heteroatoms. The largest absolute Gasteiger partial charge is 0.422 e. The second kappa shape index (κ2) is 6.44. The summed E-state index contributed by atoms with van der Waals surface area (Å²) in [5.74, 6) is -0.224. The molecular formula is C17H11Cl2NO3. The van der Waals surface area contributed by atoms with Crippen LogP contribution < -0.4 is 10.9 Å². The van der Waals surface area contributed by atoms with Crippen LogP contribution in [0.2, 0.25) is 5.02 Å². The smallest absolute Gasteiger partial charge is 0.349 e. The lowest BCUT2D eigenvalue weighted by Crippen LogP contribution is -2.20. The molecule has 1 aromatic heterocycles. The molecule has 0 bridgehead atoms. The number of hydrogen-bond acceptors (Lipinski definition) is 3. The van der Waals surface area contributed by atoms with Crippen LogP contribution in [0.1, 0.15) is 15.9 Å². The maximum atomic E-state index is 12.3. The van der Waals surface area contributed by atoms with Gasteiger partial charge in [0.25, 0.3) is 5.91 Å². The number of hydrogen-bond donors (Lipinski definition) is 1. The van der Waals surface area contributed by atoms with E-state index in [2.05, 4.69) is 5.32 Å². The van der Waals surface area contributed by atoms with Crippen LogP contribution in [0.15, 0.2) is 57.7 Å². The van der Waals surface area contributed by atoms with E-state index < -0.39 is 11.5 Å². The average molecular weight is 348 g/mol. The van der Waals surface area contributed by atoms with Crippen molar-refractivity contribution >= 4 is 45.8 Å². The summed E-state index contributed by atoms with van der Waals surface area (Å²) >= 11 is 11.7. The van der Waals surface area contributed by atoms with E-state index in [4.69, 9.17) is 27.6 Å². The molecule has 23 heavy (non-hydrogen) atoms. The minimum Gasteiger partial charge on any atom is -0.422 e. The van der Waals surface area contributed by atoms with Gasteiger partial charge in [-0.1, -0.05) is 23.7 Å². The van der Waals surface area contributed by atoms with Crippen LogP contribution in [-0.2, 0) is 5.88 Å². The standard InChI is InChI=1S/C17H11Cl2NO3/c18-9-10-4-5-15-11(6-10)7-14(17(22)23-15)16(21)20-13-3-1-2-12(19)8-13/h1-8H,9H2,(H,20,21). The van der Waals surface area contributed by atoms with Gasteiger partial charge in [0.1, 0.15) is 11.1 Å². The van der Waals surface area contributed by atoms with Crippen molar-refractivity contribution in [3.05, 3.63) is 75.1 Å². The fraction of sp³-hybridized carbons (Fsp3) is 0.0588. The van der Waals surface area contributed by atoms with Crippen LogP contribution in [0.25, 0.3) is 11.0 Å². The summed E-state index contributed by atoms with van der Waals surface area (Å²) in [5, 5.41) is 3.75. The van der Waals surface area contributed by atoms with E-state index in [9.17, 15) is 9.59 Å². The Labute approximate surface area is 141 Å². The number of alkyl halides is 1. The van der Waals surface area contributed by atoms with Crippen molar-refractivity contribution in [2.24, 2.45) is 0 Å². The summed E-state index contributed by atoms with van der Waals surface area (Å²) in [6, 6.07) is 13.4. The number of rotatable bonds is 3. The Hall–Kier alpha value is -2.30. The minimum atomic E-state index is -0.698. The van der Waals surface area contributed by atoms with E-state index in [1.165, 1.54) is 6.07 Å². The zero-order chi connectivity index (χ0) is 16.4. The number of carbonyl (C=O) groups excluding carboxylic acids is 1. The van der Waals surface area contributed by atoms with Gasteiger partial charge in [-0.2, -0.15) is 0 Å². The number of nitrogens with one attached hydrogen (secondary N) is 1. The van der Waals surface area contributed by atoms with Gasteiger partial charge in [0.15, 0.2) is 0 Å². The van der Waals surface area contributed by atoms with Gasteiger partial charge in [0.2, 0.25) is 0 Å². The molecule has 1 heterocycles. The number of anilines is 1. The van der Waals surface area contributed by atoms with Crippen molar-refractivity contribution < 1.29 is 9.21 Å². The summed E-state index contributed by atoms with van der Waals surface area (Å²) in [6.45, 7) is 0. The predicted molar refractivity (Wildman–Crippen MR) is 91.4 cm³/mol. The van der Waals surface area contributed by atoms with Gasteiger partial charge in [0.05, 0.1) is 0 Å². The molecule has 4 nitrogen and oxygen atoms in total. The summed E-state index contributed by atoms with van der Waals surface area (Å²) < 4.78 is 5.19. The average Bonchev–Trinajstić information content (AvgIpc) is 2.53. The number of benzene rings is 2. The van der Waals surface area contributed by atoms with E-state index in [0.29, 0.717) is 27.6 Å². The first-order chi connectivity index (χ1) is 11.1. The molecule has 1 N–H and O–H groups in total. The Kier molecular flexibility index (Phi) is 4.37. The number of fused-ring (bicyclic) bond motifs is 1.